The van der Waals surface area contributed by atoms with Crippen LogP contribution >= 0.6 is 0 Å². The molecule has 114 valence electrons. The summed E-state index contributed by atoms with van der Waals surface area (Å²) in [6.45, 7) is 13.5. The monoisotopic (exact) mass is 308 g/mol. The van der Waals surface area contributed by atoms with Gasteiger partial charge in [0.2, 0.25) is 0 Å². The Morgan fingerprint density at radius 1 is 1.24 bits per heavy atom. The fourth-order valence-corrected chi connectivity index (χ4v) is 0.432. The molecule has 0 unspecified atom stereocenters. The van der Waals surface area contributed by atoms with Crippen molar-refractivity contribution in [2.45, 2.75) is 26.7 Å². The van der Waals surface area contributed by atoms with E-state index in [1.165, 1.54) is 0 Å². The summed E-state index contributed by atoms with van der Waals surface area (Å²) in [5.41, 5.74) is 0.469. The predicted molar refractivity (Wildman–Crippen MR) is 73.7 cm³/mol. The number of carboxylic acid groups (broad SMARTS) is 2. The van der Waals surface area contributed by atoms with Crippen LogP contribution in [0.4, 0.5) is 0 Å². The molecule has 0 amide bonds. The van der Waals surface area contributed by atoms with Crippen LogP contribution in [0, 0.1) is 0 Å². The van der Waals surface area contributed by atoms with Crippen LogP contribution in [0.3, 0.4) is 0 Å². The Morgan fingerprint density at radius 3 is 1.81 bits per heavy atom. The maximum atomic E-state index is 10.7. The van der Waals surface area contributed by atoms with Crippen LogP contribution in [0.25, 0.3) is 0 Å². The summed E-state index contributed by atoms with van der Waals surface area (Å²) in [6.07, 6.45) is 3.53. The Hall–Kier alpha value is -1.37. The summed E-state index contributed by atoms with van der Waals surface area (Å²) in [4.78, 5) is 29.1. The molecule has 21 heavy (non-hydrogen) atoms. The largest absolute Gasteiger partial charge is 1.00 e. The van der Waals surface area contributed by atoms with Gasteiger partial charge in [0.05, 0.1) is 12.6 Å². The van der Waals surface area contributed by atoms with E-state index < -0.39 is 11.9 Å². The molecule has 0 bridgehead atoms. The van der Waals surface area contributed by atoms with Gasteiger partial charge in [0.1, 0.15) is 0 Å². The Morgan fingerprint density at radius 2 is 1.62 bits per heavy atom. The number of hydrogen-bond donors (Lipinski definition) is 1. The van der Waals surface area contributed by atoms with Gasteiger partial charge in [0, 0.05) is 11.6 Å². The summed E-state index contributed by atoms with van der Waals surface area (Å²) in [5.74, 6) is -2.50. The van der Waals surface area contributed by atoms with E-state index in [0.29, 0.717) is 12.2 Å². The number of aliphatic carboxylic acids is 2. The van der Waals surface area contributed by atoms with Crippen LogP contribution < -0.4 is 34.7 Å². The van der Waals surface area contributed by atoms with Crippen molar-refractivity contribution in [3.8, 4) is 0 Å². The van der Waals surface area contributed by atoms with Crippen molar-refractivity contribution < 1.29 is 58.9 Å². The zero-order valence-electron chi connectivity index (χ0n) is 12.9. The van der Waals surface area contributed by atoms with Crippen molar-refractivity contribution >= 4 is 17.9 Å². The minimum Gasteiger partial charge on any atom is -0.545 e. The molecule has 0 aliphatic rings. The van der Waals surface area contributed by atoms with E-state index in [0.717, 1.165) is 25.0 Å². The van der Waals surface area contributed by atoms with Gasteiger partial charge in [-0.3, -0.25) is 0 Å². The van der Waals surface area contributed by atoms with E-state index in [1.54, 1.807) is 6.92 Å². The maximum absolute atomic E-state index is 10.7. The Bertz CT molecular complexity index is 331. The molecule has 7 heteroatoms. The third kappa shape index (κ3) is 38.1. The molecule has 6 nitrogen and oxygen atoms in total. The summed E-state index contributed by atoms with van der Waals surface area (Å²) >= 11 is 0. The van der Waals surface area contributed by atoms with Crippen molar-refractivity contribution in [1.82, 2.24) is 0 Å². The third-order valence-corrected chi connectivity index (χ3v) is 1.42. The Labute approximate surface area is 147 Å². The number of hydrogen-bond acceptors (Lipinski definition) is 5. The molecular weight excluding hydrogens is 287 g/mol. The molecule has 0 atom stereocenters. The summed E-state index contributed by atoms with van der Waals surface area (Å²) in [7, 11) is 0. The Kier molecular flexibility index (Phi) is 27.8. The minimum atomic E-state index is -1.23. The van der Waals surface area contributed by atoms with E-state index in [1.807, 2.05) is 0 Å². The predicted octanol–water partition coefficient (Wildman–Crippen LogP) is -1.91. The molecule has 0 heterocycles. The first-order valence-corrected chi connectivity index (χ1v) is 5.74. The first-order chi connectivity index (χ1) is 9.22. The van der Waals surface area contributed by atoms with E-state index in [9.17, 15) is 9.59 Å². The molecule has 0 aliphatic heterocycles. The second-order valence-electron chi connectivity index (χ2n) is 3.34. The number of esters is 1. The first kappa shape index (κ1) is 27.9. The average molecular weight is 308 g/mol. The third-order valence-electron chi connectivity index (χ3n) is 1.42. The fraction of sp³-hybridized carbons (Fsp3) is 0.357. The van der Waals surface area contributed by atoms with Crippen LogP contribution in [-0.2, 0) is 19.1 Å². The molecular formula is C14H21NaO6. The standard InChI is InChI=1S/C8H14O2.2C3H4O2.Na/c1-4-5-6-10-8(9)7(2)3;2*1-2-3(4)5;/h2,4-6H2,1,3H3;2*2H,1H2,(H,4,5);/q;;;+1/p-1. The van der Waals surface area contributed by atoms with Crippen molar-refractivity contribution in [2.75, 3.05) is 6.61 Å². The van der Waals surface area contributed by atoms with Crippen molar-refractivity contribution in [2.24, 2.45) is 0 Å². The normalized spacial score (nSPS) is 7.33. The Balaban J connectivity index is -0.000000112. The summed E-state index contributed by atoms with van der Waals surface area (Å²) in [6, 6.07) is 0. The smallest absolute Gasteiger partial charge is 0.545 e. The van der Waals surface area contributed by atoms with Crippen LogP contribution in [0.1, 0.15) is 26.7 Å². The molecule has 0 aromatic rings. The molecule has 0 rings (SSSR count). The zero-order valence-corrected chi connectivity index (χ0v) is 14.9. The van der Waals surface area contributed by atoms with Gasteiger partial charge in [-0.25, -0.2) is 9.59 Å². The van der Waals surface area contributed by atoms with Gasteiger partial charge >= 0.3 is 41.5 Å². The van der Waals surface area contributed by atoms with E-state index in [-0.39, 0.29) is 35.5 Å². The van der Waals surface area contributed by atoms with Gasteiger partial charge in [0.15, 0.2) is 0 Å². The average Bonchev–Trinajstić information content (AvgIpc) is 2.40. The van der Waals surface area contributed by atoms with E-state index in [4.69, 9.17) is 19.7 Å². The second kappa shape index (κ2) is 20.9. The number of unbranched alkanes of at least 4 members (excludes halogenated alkanes) is 1. The number of carbonyl (C=O) groups excluding carboxylic acids is 2. The molecule has 0 saturated heterocycles. The van der Waals surface area contributed by atoms with E-state index >= 15 is 0 Å². The van der Waals surface area contributed by atoms with Gasteiger partial charge in [-0.05, 0) is 19.4 Å². The number of ether oxygens (including phenoxy) is 1. The SMILES string of the molecule is C=C(C)C(=O)OCCCC.C=CC(=O)O.C=CC(=O)[O-].[Na+]. The van der Waals surface area contributed by atoms with Crippen LogP contribution in [0.2, 0.25) is 0 Å². The van der Waals surface area contributed by atoms with Gasteiger partial charge < -0.3 is 19.7 Å². The van der Waals surface area contributed by atoms with Crippen molar-refractivity contribution in [3.63, 3.8) is 0 Å². The molecule has 0 radical (unpaired) electrons. The minimum absolute atomic E-state index is 0. The quantitative estimate of drug-likeness (QED) is 0.266. The van der Waals surface area contributed by atoms with Crippen LogP contribution in [-0.4, -0.2) is 29.6 Å². The van der Waals surface area contributed by atoms with Crippen LogP contribution in [0.15, 0.2) is 37.5 Å². The topological polar surface area (TPSA) is 104 Å². The molecule has 0 spiro atoms. The molecule has 0 fully saturated rings. The number of carbonyl (C=O) groups is 3. The van der Waals surface area contributed by atoms with Gasteiger partial charge in [-0.2, -0.15) is 0 Å². The van der Waals surface area contributed by atoms with Gasteiger partial charge in [0.25, 0.3) is 0 Å². The van der Waals surface area contributed by atoms with Crippen molar-refractivity contribution in [3.05, 3.63) is 37.5 Å². The van der Waals surface area contributed by atoms with Gasteiger partial charge in [-0.1, -0.05) is 33.1 Å². The van der Waals surface area contributed by atoms with Gasteiger partial charge in [-0.15, -0.1) is 0 Å². The fourth-order valence-electron chi connectivity index (χ4n) is 0.432. The molecule has 0 aliphatic carbocycles. The first-order valence-electron chi connectivity index (χ1n) is 5.74. The van der Waals surface area contributed by atoms with Crippen LogP contribution in [0.5, 0.6) is 0 Å². The van der Waals surface area contributed by atoms with E-state index in [2.05, 4.69) is 26.7 Å². The zero-order chi connectivity index (χ0) is 16.6. The summed E-state index contributed by atoms with van der Waals surface area (Å²) < 4.78 is 4.81. The maximum Gasteiger partial charge on any atom is 1.00 e. The molecule has 0 saturated carbocycles. The molecule has 0 aromatic heterocycles. The molecule has 0 aromatic carbocycles. The number of rotatable bonds is 6. The molecule has 1 N–H and O–H groups in total. The van der Waals surface area contributed by atoms with Crippen molar-refractivity contribution in [1.29, 1.82) is 0 Å². The number of carboxylic acids is 2. The second-order valence-corrected chi connectivity index (χ2v) is 3.34. The summed E-state index contributed by atoms with van der Waals surface area (Å²) in [5, 5.41) is 16.7.